The van der Waals surface area contributed by atoms with Crippen LogP contribution in [0.1, 0.15) is 32.8 Å². The van der Waals surface area contributed by atoms with E-state index < -0.39 is 40.8 Å². The molecule has 0 aliphatic heterocycles. The number of carbonyl (C=O) groups excluding carboxylic acids is 2. The molecule has 0 spiro atoms. The Morgan fingerprint density at radius 2 is 1.80 bits per heavy atom. The molecule has 1 aromatic carbocycles. The van der Waals surface area contributed by atoms with Gasteiger partial charge in [-0.2, -0.15) is 8.78 Å². The molecule has 30 heavy (non-hydrogen) atoms. The minimum atomic E-state index is -4.17. The summed E-state index contributed by atoms with van der Waals surface area (Å²) in [5.41, 5.74) is -1.92. The minimum Gasteiger partial charge on any atom is -0.465 e. The first kappa shape index (κ1) is 26.4. The summed E-state index contributed by atoms with van der Waals surface area (Å²) in [5, 5.41) is 7.96. The molecule has 0 aliphatic rings. The maximum absolute atomic E-state index is 13.4. The Morgan fingerprint density at radius 3 is 2.20 bits per heavy atom. The Morgan fingerprint density at radius 1 is 1.23 bits per heavy atom. The van der Waals surface area contributed by atoms with Crippen molar-refractivity contribution in [1.82, 2.24) is 10.2 Å². The summed E-state index contributed by atoms with van der Waals surface area (Å²) in [6.07, 6.45) is -1.16. The number of alkyl halides is 3. The predicted octanol–water partition coefficient (Wildman–Crippen LogP) is 4.79. The van der Waals surface area contributed by atoms with E-state index in [2.05, 4.69) is 5.32 Å². The first-order valence-electron chi connectivity index (χ1n) is 8.77. The Balaban J connectivity index is 3.79. The van der Waals surface area contributed by atoms with Gasteiger partial charge in [0.1, 0.15) is 6.29 Å². The predicted molar refractivity (Wildman–Crippen MR) is 112 cm³/mol. The first-order valence-corrected chi connectivity index (χ1v) is 9.90. The third kappa shape index (κ3) is 6.18. The molecule has 0 bridgehead atoms. The number of likely N-dealkylation sites (N-methyl/N-ethyl adjacent to an activating group) is 1. The Kier molecular flexibility index (Phi) is 8.50. The van der Waals surface area contributed by atoms with E-state index in [1.54, 1.807) is 20.8 Å². The average molecular weight is 488 g/mol. The SMILES string of the molecule is CN(CC(CC=O)(c1ccc(Cl)c(Cl)c1)C(NC(=O)O)C(C)(C)C)C(=O)C(F)(F)Cl. The van der Waals surface area contributed by atoms with Crippen LogP contribution in [-0.4, -0.2) is 53.3 Å². The number of carboxylic acid groups (broad SMARTS) is 1. The van der Waals surface area contributed by atoms with Crippen LogP contribution < -0.4 is 5.32 Å². The molecule has 0 radical (unpaired) electrons. The number of rotatable bonds is 8. The van der Waals surface area contributed by atoms with E-state index in [0.29, 0.717) is 16.7 Å². The van der Waals surface area contributed by atoms with E-state index in [9.17, 15) is 28.3 Å². The smallest absolute Gasteiger partial charge is 0.404 e. The second kappa shape index (κ2) is 9.66. The van der Waals surface area contributed by atoms with Crippen LogP contribution >= 0.6 is 34.8 Å². The van der Waals surface area contributed by atoms with Crippen molar-refractivity contribution >= 4 is 53.1 Å². The lowest BCUT2D eigenvalue weighted by Crippen LogP contribution is -2.61. The van der Waals surface area contributed by atoms with Gasteiger partial charge >= 0.3 is 17.4 Å². The van der Waals surface area contributed by atoms with E-state index in [4.69, 9.17) is 34.8 Å². The van der Waals surface area contributed by atoms with Crippen LogP contribution in [-0.2, 0) is 15.0 Å². The molecule has 0 saturated heterocycles. The van der Waals surface area contributed by atoms with Crippen LogP contribution in [0.25, 0.3) is 0 Å². The van der Waals surface area contributed by atoms with Crippen molar-refractivity contribution in [2.75, 3.05) is 13.6 Å². The summed E-state index contributed by atoms with van der Waals surface area (Å²) in [7, 11) is 1.09. The van der Waals surface area contributed by atoms with Gasteiger partial charge in [-0.15, -0.1) is 0 Å². The largest absolute Gasteiger partial charge is 0.465 e. The summed E-state index contributed by atoms with van der Waals surface area (Å²) in [5.74, 6) is -1.69. The van der Waals surface area contributed by atoms with Crippen molar-refractivity contribution in [3.63, 3.8) is 0 Å². The number of hydrogen-bond acceptors (Lipinski definition) is 3. The van der Waals surface area contributed by atoms with Crippen LogP contribution in [0.15, 0.2) is 18.2 Å². The Hall–Kier alpha value is -1.64. The van der Waals surface area contributed by atoms with Crippen molar-refractivity contribution in [3.8, 4) is 0 Å². The fraction of sp³-hybridized carbons (Fsp3) is 0.526. The van der Waals surface area contributed by atoms with Gasteiger partial charge in [0.25, 0.3) is 0 Å². The van der Waals surface area contributed by atoms with Gasteiger partial charge in [-0.3, -0.25) is 4.79 Å². The molecule has 0 aromatic heterocycles. The molecule has 2 amide bonds. The molecule has 2 unspecified atom stereocenters. The molecule has 6 nitrogen and oxygen atoms in total. The maximum atomic E-state index is 13.4. The molecule has 1 aromatic rings. The van der Waals surface area contributed by atoms with Gasteiger partial charge in [-0.05, 0) is 34.7 Å². The van der Waals surface area contributed by atoms with Crippen molar-refractivity contribution in [2.24, 2.45) is 5.41 Å². The molecular weight excluding hydrogens is 465 g/mol. The lowest BCUT2D eigenvalue weighted by atomic mass is 9.63. The zero-order valence-electron chi connectivity index (χ0n) is 16.8. The second-order valence-corrected chi connectivity index (χ2v) is 9.35. The van der Waals surface area contributed by atoms with Crippen LogP contribution in [0.2, 0.25) is 10.0 Å². The normalized spacial score (nSPS) is 15.1. The van der Waals surface area contributed by atoms with Crippen LogP contribution in [0.3, 0.4) is 0 Å². The Bertz CT molecular complexity index is 812. The number of nitrogens with one attached hydrogen (secondary N) is 1. The van der Waals surface area contributed by atoms with Gasteiger partial charge in [0.2, 0.25) is 0 Å². The highest BCUT2D eigenvalue weighted by molar-refractivity contribution is 6.42. The highest BCUT2D eigenvalue weighted by Crippen LogP contribution is 2.42. The lowest BCUT2D eigenvalue weighted by molar-refractivity contribution is -0.147. The number of aldehydes is 1. The standard InChI is InChI=1S/C19H23Cl3F2N2O4/c1-17(2,3)14(25-16(29)30)18(7-8-27,10-26(4)15(28)19(22,23)24)11-5-6-12(20)13(21)9-11/h5-6,8-9,14,25H,7,10H2,1-4H3,(H,29,30). The Labute approximate surface area is 188 Å². The third-order valence-electron chi connectivity index (χ3n) is 4.74. The van der Waals surface area contributed by atoms with Crippen LogP contribution in [0.4, 0.5) is 13.6 Å². The van der Waals surface area contributed by atoms with E-state index in [1.165, 1.54) is 18.2 Å². The first-order chi connectivity index (χ1) is 13.6. The highest BCUT2D eigenvalue weighted by atomic mass is 35.5. The van der Waals surface area contributed by atoms with Crippen molar-refractivity contribution in [3.05, 3.63) is 33.8 Å². The molecule has 2 N–H and O–H groups in total. The molecule has 0 heterocycles. The average Bonchev–Trinajstić information content (AvgIpc) is 2.59. The quantitative estimate of drug-likeness (QED) is 0.408. The lowest BCUT2D eigenvalue weighted by Gasteiger charge is -2.48. The molecule has 11 heteroatoms. The van der Waals surface area contributed by atoms with E-state index >= 15 is 0 Å². The summed E-state index contributed by atoms with van der Waals surface area (Å²) in [6.45, 7) is 4.68. The number of carbonyl (C=O) groups is 3. The van der Waals surface area contributed by atoms with Crippen molar-refractivity contribution in [2.45, 2.75) is 44.0 Å². The van der Waals surface area contributed by atoms with Crippen molar-refractivity contribution in [1.29, 1.82) is 0 Å². The summed E-state index contributed by atoms with van der Waals surface area (Å²) >= 11 is 17.0. The number of amides is 2. The van der Waals surface area contributed by atoms with E-state index in [0.717, 1.165) is 7.05 Å². The molecular formula is C19H23Cl3F2N2O4. The molecule has 0 aliphatic carbocycles. The van der Waals surface area contributed by atoms with Gasteiger partial charge < -0.3 is 20.1 Å². The summed E-state index contributed by atoms with van der Waals surface area (Å²) in [6, 6.07) is 3.38. The van der Waals surface area contributed by atoms with Crippen LogP contribution in [0.5, 0.6) is 0 Å². The fourth-order valence-corrected chi connectivity index (χ4v) is 4.06. The zero-order chi connectivity index (χ0) is 23.5. The van der Waals surface area contributed by atoms with Crippen molar-refractivity contribution < 1.29 is 28.3 Å². The molecule has 168 valence electrons. The zero-order valence-corrected chi connectivity index (χ0v) is 19.1. The molecule has 2 atom stereocenters. The number of nitrogens with zero attached hydrogens (tertiary/aromatic N) is 1. The van der Waals surface area contributed by atoms with Gasteiger partial charge in [-0.25, -0.2) is 4.79 Å². The molecule has 0 fully saturated rings. The van der Waals surface area contributed by atoms with E-state index in [-0.39, 0.29) is 16.5 Å². The second-order valence-electron chi connectivity index (χ2n) is 8.06. The topological polar surface area (TPSA) is 86.7 Å². The maximum Gasteiger partial charge on any atom is 0.404 e. The third-order valence-corrected chi connectivity index (χ3v) is 5.64. The fourth-order valence-electron chi connectivity index (χ4n) is 3.62. The van der Waals surface area contributed by atoms with E-state index in [1.807, 2.05) is 0 Å². The monoisotopic (exact) mass is 486 g/mol. The molecule has 0 saturated carbocycles. The van der Waals surface area contributed by atoms with Crippen LogP contribution in [0, 0.1) is 5.41 Å². The number of halogens is 5. The highest BCUT2D eigenvalue weighted by Gasteiger charge is 2.50. The molecule has 1 rings (SSSR count). The van der Waals surface area contributed by atoms with Gasteiger partial charge in [0.15, 0.2) is 0 Å². The minimum absolute atomic E-state index is 0.115. The number of benzene rings is 1. The van der Waals surface area contributed by atoms with Gasteiger partial charge in [-0.1, -0.05) is 50.0 Å². The van der Waals surface area contributed by atoms with Gasteiger partial charge in [0, 0.05) is 31.5 Å². The number of hydrogen-bond donors (Lipinski definition) is 2. The summed E-state index contributed by atoms with van der Waals surface area (Å²) in [4.78, 5) is 36.0. The van der Waals surface area contributed by atoms with Gasteiger partial charge in [0.05, 0.1) is 10.0 Å². The summed E-state index contributed by atoms with van der Waals surface area (Å²) < 4.78 is 26.9.